The summed E-state index contributed by atoms with van der Waals surface area (Å²) in [6.45, 7) is 5.07. The van der Waals surface area contributed by atoms with Gasteiger partial charge in [0.25, 0.3) is 0 Å². The molecular formula is C8H14N4O2. The quantitative estimate of drug-likeness (QED) is 0.715. The third-order valence-corrected chi connectivity index (χ3v) is 1.41. The molecule has 0 saturated heterocycles. The highest BCUT2D eigenvalue weighted by Crippen LogP contribution is 2.01. The Morgan fingerprint density at radius 2 is 2.21 bits per heavy atom. The van der Waals surface area contributed by atoms with Crippen molar-refractivity contribution in [1.82, 2.24) is 15.0 Å². The Labute approximate surface area is 81.7 Å². The molecule has 0 saturated carbocycles. The van der Waals surface area contributed by atoms with E-state index in [4.69, 9.17) is 4.74 Å². The summed E-state index contributed by atoms with van der Waals surface area (Å²) in [6, 6.07) is 0.117. The van der Waals surface area contributed by atoms with Crippen LogP contribution in [0.1, 0.15) is 20.3 Å². The molecule has 0 unspecified atom stereocenters. The van der Waals surface area contributed by atoms with Gasteiger partial charge in [0.05, 0.1) is 6.61 Å². The van der Waals surface area contributed by atoms with Crippen LogP contribution in [0.5, 0.6) is 6.01 Å². The largest absolute Gasteiger partial charge is 0.463 e. The molecule has 0 radical (unpaired) electrons. The minimum Gasteiger partial charge on any atom is -0.463 e. The van der Waals surface area contributed by atoms with Crippen molar-refractivity contribution >= 4 is 5.95 Å². The molecule has 2 N–H and O–H groups in total. The highest BCUT2D eigenvalue weighted by Gasteiger charge is 2.01. The Morgan fingerprint density at radius 3 is 2.86 bits per heavy atom. The fraction of sp³-hybridized carbons (Fsp3) is 0.625. The predicted molar refractivity (Wildman–Crippen MR) is 52.6 cm³/mol. The third-order valence-electron chi connectivity index (χ3n) is 1.41. The van der Waals surface area contributed by atoms with Gasteiger partial charge in [-0.3, -0.25) is 4.98 Å². The summed E-state index contributed by atoms with van der Waals surface area (Å²) in [5.74, 6) is 0.388. The Hall–Kier alpha value is -1.59. The molecule has 0 aliphatic carbocycles. The molecule has 0 bridgehead atoms. The van der Waals surface area contributed by atoms with Crippen molar-refractivity contribution in [3.05, 3.63) is 10.5 Å². The van der Waals surface area contributed by atoms with Gasteiger partial charge in [-0.15, -0.1) is 4.98 Å². The van der Waals surface area contributed by atoms with E-state index in [1.54, 1.807) is 0 Å². The first-order valence-corrected chi connectivity index (χ1v) is 4.61. The summed E-state index contributed by atoms with van der Waals surface area (Å²) in [7, 11) is 0. The van der Waals surface area contributed by atoms with Crippen LogP contribution in [-0.4, -0.2) is 28.1 Å². The maximum absolute atomic E-state index is 11.0. The summed E-state index contributed by atoms with van der Waals surface area (Å²) in [5, 5.41) is 2.88. The lowest BCUT2D eigenvalue weighted by molar-refractivity contribution is 0.290. The molecule has 6 nitrogen and oxygen atoms in total. The molecule has 0 atom stereocenters. The zero-order valence-corrected chi connectivity index (χ0v) is 8.33. The number of hydrogen-bond acceptors (Lipinski definition) is 5. The first kappa shape index (κ1) is 10.5. The van der Waals surface area contributed by atoms with Gasteiger partial charge in [-0.2, -0.15) is 4.98 Å². The molecule has 6 heteroatoms. The molecule has 0 fully saturated rings. The molecule has 0 spiro atoms. The van der Waals surface area contributed by atoms with Gasteiger partial charge in [0.1, 0.15) is 0 Å². The van der Waals surface area contributed by atoms with Crippen LogP contribution in [0.25, 0.3) is 0 Å². The average molecular weight is 198 g/mol. The Balaban J connectivity index is 2.78. The fourth-order valence-corrected chi connectivity index (χ4v) is 0.874. The smallest absolute Gasteiger partial charge is 0.352 e. The van der Waals surface area contributed by atoms with Crippen LogP contribution in [-0.2, 0) is 0 Å². The van der Waals surface area contributed by atoms with Gasteiger partial charge in [-0.1, -0.05) is 6.92 Å². The maximum Gasteiger partial charge on any atom is 0.352 e. The number of anilines is 1. The first-order valence-electron chi connectivity index (χ1n) is 4.61. The number of nitrogens with one attached hydrogen (secondary N) is 2. The van der Waals surface area contributed by atoms with Crippen molar-refractivity contribution < 1.29 is 4.74 Å². The van der Waals surface area contributed by atoms with E-state index in [2.05, 4.69) is 20.3 Å². The average Bonchev–Trinajstić information content (AvgIpc) is 2.14. The first-order chi connectivity index (χ1) is 6.76. The second-order valence-corrected chi connectivity index (χ2v) is 2.66. The number of aromatic nitrogens is 3. The van der Waals surface area contributed by atoms with Crippen LogP contribution in [0, 0.1) is 0 Å². The van der Waals surface area contributed by atoms with E-state index in [1.807, 2.05) is 13.8 Å². The van der Waals surface area contributed by atoms with Crippen LogP contribution in [0.3, 0.4) is 0 Å². The van der Waals surface area contributed by atoms with Gasteiger partial charge in [-0.05, 0) is 13.3 Å². The number of hydrogen-bond donors (Lipinski definition) is 2. The van der Waals surface area contributed by atoms with Crippen LogP contribution in [0.15, 0.2) is 4.79 Å². The molecule has 1 heterocycles. The van der Waals surface area contributed by atoms with E-state index in [0.29, 0.717) is 19.1 Å². The molecule has 0 aromatic carbocycles. The monoisotopic (exact) mass is 198 g/mol. The number of aromatic amines is 1. The minimum absolute atomic E-state index is 0.117. The summed E-state index contributed by atoms with van der Waals surface area (Å²) < 4.78 is 5.14. The van der Waals surface area contributed by atoms with Crippen LogP contribution in [0.2, 0.25) is 0 Å². The van der Waals surface area contributed by atoms with Gasteiger partial charge in [0.15, 0.2) is 0 Å². The number of ether oxygens (including phenoxy) is 1. The standard InChI is InChI=1S/C8H14N4O2/c1-3-5-14-8-11-6(9-4-2)10-7(13)12-8/h3-5H2,1-2H3,(H2,9,10,11,12,13). The van der Waals surface area contributed by atoms with E-state index in [0.717, 1.165) is 6.42 Å². The fourth-order valence-electron chi connectivity index (χ4n) is 0.874. The summed E-state index contributed by atoms with van der Waals surface area (Å²) in [6.07, 6.45) is 0.854. The second-order valence-electron chi connectivity index (χ2n) is 2.66. The van der Waals surface area contributed by atoms with Crippen molar-refractivity contribution in [3.8, 4) is 6.01 Å². The Bertz CT molecular complexity index is 336. The normalized spacial score (nSPS) is 9.86. The zero-order chi connectivity index (χ0) is 10.4. The number of H-pyrrole nitrogens is 1. The van der Waals surface area contributed by atoms with Crippen LogP contribution >= 0.6 is 0 Å². The lowest BCUT2D eigenvalue weighted by Gasteiger charge is -2.04. The van der Waals surface area contributed by atoms with Crippen LogP contribution < -0.4 is 15.7 Å². The van der Waals surface area contributed by atoms with Gasteiger partial charge < -0.3 is 10.1 Å². The summed E-state index contributed by atoms with van der Waals surface area (Å²) in [5.41, 5.74) is -0.456. The van der Waals surface area contributed by atoms with E-state index >= 15 is 0 Å². The highest BCUT2D eigenvalue weighted by atomic mass is 16.5. The molecule has 0 aliphatic rings. The summed E-state index contributed by atoms with van der Waals surface area (Å²) >= 11 is 0. The topological polar surface area (TPSA) is 79.9 Å². The second kappa shape index (κ2) is 5.21. The highest BCUT2D eigenvalue weighted by molar-refractivity contribution is 5.23. The van der Waals surface area contributed by atoms with E-state index in [-0.39, 0.29) is 6.01 Å². The zero-order valence-electron chi connectivity index (χ0n) is 8.33. The van der Waals surface area contributed by atoms with Crippen molar-refractivity contribution in [1.29, 1.82) is 0 Å². The van der Waals surface area contributed by atoms with E-state index in [9.17, 15) is 4.79 Å². The van der Waals surface area contributed by atoms with E-state index in [1.165, 1.54) is 0 Å². The van der Waals surface area contributed by atoms with Crippen molar-refractivity contribution in [2.75, 3.05) is 18.5 Å². The summed E-state index contributed by atoms with van der Waals surface area (Å²) in [4.78, 5) is 21.0. The predicted octanol–water partition coefficient (Wildman–Crippen LogP) is 0.385. The van der Waals surface area contributed by atoms with Gasteiger partial charge in [-0.25, -0.2) is 4.79 Å². The Morgan fingerprint density at radius 1 is 1.43 bits per heavy atom. The molecule has 1 rings (SSSR count). The lowest BCUT2D eigenvalue weighted by Crippen LogP contribution is -2.17. The third kappa shape index (κ3) is 3.04. The van der Waals surface area contributed by atoms with E-state index < -0.39 is 5.69 Å². The molecule has 0 aliphatic heterocycles. The van der Waals surface area contributed by atoms with Gasteiger partial charge >= 0.3 is 11.7 Å². The lowest BCUT2D eigenvalue weighted by atomic mass is 10.5. The molecular weight excluding hydrogens is 184 g/mol. The van der Waals surface area contributed by atoms with Gasteiger partial charge in [0, 0.05) is 6.54 Å². The Kier molecular flexibility index (Phi) is 3.90. The molecule has 78 valence electrons. The minimum atomic E-state index is -0.456. The van der Waals surface area contributed by atoms with Gasteiger partial charge in [0.2, 0.25) is 5.95 Å². The van der Waals surface area contributed by atoms with Crippen molar-refractivity contribution in [2.24, 2.45) is 0 Å². The van der Waals surface area contributed by atoms with Crippen LogP contribution in [0.4, 0.5) is 5.95 Å². The molecule has 14 heavy (non-hydrogen) atoms. The maximum atomic E-state index is 11.0. The SMILES string of the molecule is CCCOc1nc(NCC)[nH]c(=O)n1. The molecule has 1 aromatic heterocycles. The molecule has 1 aromatic rings. The van der Waals surface area contributed by atoms with Crippen molar-refractivity contribution in [2.45, 2.75) is 20.3 Å². The number of nitrogens with zero attached hydrogens (tertiary/aromatic N) is 2. The number of rotatable bonds is 5. The molecule has 0 amide bonds. The van der Waals surface area contributed by atoms with Crippen molar-refractivity contribution in [3.63, 3.8) is 0 Å².